The molecule has 1 amide bonds. The number of carbonyl (C=O) groups excluding carboxylic acids is 1. The second-order valence-electron chi connectivity index (χ2n) is 6.30. The maximum absolute atomic E-state index is 12.0. The van der Waals surface area contributed by atoms with Gasteiger partial charge in [0.15, 0.2) is 0 Å². The number of aryl methyl sites for hydroxylation is 1. The Hall–Kier alpha value is -3.45. The summed E-state index contributed by atoms with van der Waals surface area (Å²) in [5, 5.41) is 23.4. The van der Waals surface area contributed by atoms with Gasteiger partial charge >= 0.3 is 0 Å². The molecule has 7 nitrogen and oxygen atoms in total. The smallest absolute Gasteiger partial charge is 0.269 e. The summed E-state index contributed by atoms with van der Waals surface area (Å²) in [6.45, 7) is 0.0318. The van der Waals surface area contributed by atoms with Gasteiger partial charge in [0.1, 0.15) is 11.5 Å². The molecule has 0 aliphatic carbocycles. The number of hydrogen-bond acceptors (Lipinski definition) is 5. The van der Waals surface area contributed by atoms with Crippen molar-refractivity contribution in [3.05, 3.63) is 88.2 Å². The van der Waals surface area contributed by atoms with Crippen molar-refractivity contribution in [2.45, 2.75) is 18.9 Å². The van der Waals surface area contributed by atoms with Gasteiger partial charge in [-0.25, -0.2) is 0 Å². The molecule has 0 spiro atoms. The summed E-state index contributed by atoms with van der Waals surface area (Å²) in [7, 11) is 0. The highest BCUT2D eigenvalue weighted by Gasteiger charge is 2.13. The summed E-state index contributed by atoms with van der Waals surface area (Å²) in [4.78, 5) is 22.2. The number of furan rings is 1. The molecule has 0 aliphatic heterocycles. The average Bonchev–Trinajstić information content (AvgIpc) is 3.20. The SMILES string of the molecule is O=C(CCc1ccc(-c2ccccc2)o1)NCC(O)c1ccc([N+](=O)[O-])cc1. The molecule has 0 bridgehead atoms. The van der Waals surface area contributed by atoms with Gasteiger partial charge in [-0.15, -0.1) is 0 Å². The van der Waals surface area contributed by atoms with Crippen LogP contribution >= 0.6 is 0 Å². The third kappa shape index (κ3) is 5.05. The van der Waals surface area contributed by atoms with Gasteiger partial charge in [-0.3, -0.25) is 14.9 Å². The summed E-state index contributed by atoms with van der Waals surface area (Å²) < 4.78 is 5.76. The maximum atomic E-state index is 12.0. The predicted octanol–water partition coefficient (Wildman–Crippen LogP) is 3.64. The van der Waals surface area contributed by atoms with E-state index in [1.54, 1.807) is 0 Å². The lowest BCUT2D eigenvalue weighted by molar-refractivity contribution is -0.384. The Labute approximate surface area is 161 Å². The lowest BCUT2D eigenvalue weighted by atomic mass is 10.1. The fraction of sp³-hybridized carbons (Fsp3) is 0.190. The van der Waals surface area contributed by atoms with Crippen LogP contribution in [0.4, 0.5) is 5.69 Å². The van der Waals surface area contributed by atoms with E-state index in [1.807, 2.05) is 42.5 Å². The van der Waals surface area contributed by atoms with Crippen LogP contribution in [0, 0.1) is 10.1 Å². The van der Waals surface area contributed by atoms with Crippen molar-refractivity contribution in [2.24, 2.45) is 0 Å². The lowest BCUT2D eigenvalue weighted by Crippen LogP contribution is -2.28. The van der Waals surface area contributed by atoms with E-state index in [4.69, 9.17) is 4.42 Å². The lowest BCUT2D eigenvalue weighted by Gasteiger charge is -2.12. The first-order valence-corrected chi connectivity index (χ1v) is 8.86. The molecular weight excluding hydrogens is 360 g/mol. The number of hydrogen-bond donors (Lipinski definition) is 2. The standard InChI is InChI=1S/C21H20N2O5/c24-19(15-6-8-17(9-7-15)23(26)27)14-22-21(25)13-11-18-10-12-20(28-18)16-4-2-1-3-5-16/h1-10,12,19,24H,11,13-14H2,(H,22,25). The largest absolute Gasteiger partial charge is 0.461 e. The van der Waals surface area contributed by atoms with Crippen molar-refractivity contribution in [2.75, 3.05) is 6.54 Å². The first-order chi connectivity index (χ1) is 13.5. The zero-order valence-corrected chi connectivity index (χ0v) is 15.1. The molecule has 3 rings (SSSR count). The summed E-state index contributed by atoms with van der Waals surface area (Å²) in [5.74, 6) is 1.26. The molecule has 2 aromatic carbocycles. The Morgan fingerprint density at radius 1 is 1.07 bits per heavy atom. The second-order valence-corrected chi connectivity index (χ2v) is 6.30. The molecule has 2 N–H and O–H groups in total. The molecule has 28 heavy (non-hydrogen) atoms. The Bertz CT molecular complexity index is 935. The molecule has 1 aromatic heterocycles. The first kappa shape index (κ1) is 19.3. The molecule has 0 saturated carbocycles. The van der Waals surface area contributed by atoms with Gasteiger partial charge in [-0.05, 0) is 29.8 Å². The zero-order valence-electron chi connectivity index (χ0n) is 15.1. The number of rotatable bonds is 8. The average molecular weight is 380 g/mol. The summed E-state index contributed by atoms with van der Waals surface area (Å²) >= 11 is 0. The van der Waals surface area contributed by atoms with E-state index >= 15 is 0 Å². The van der Waals surface area contributed by atoms with Gasteiger partial charge in [0.25, 0.3) is 5.69 Å². The molecule has 0 radical (unpaired) electrons. The fourth-order valence-electron chi connectivity index (χ4n) is 2.74. The topological polar surface area (TPSA) is 106 Å². The minimum Gasteiger partial charge on any atom is -0.461 e. The molecule has 7 heteroatoms. The zero-order chi connectivity index (χ0) is 19.9. The maximum Gasteiger partial charge on any atom is 0.269 e. The van der Waals surface area contributed by atoms with Gasteiger partial charge in [-0.1, -0.05) is 30.3 Å². The van der Waals surface area contributed by atoms with Gasteiger partial charge in [0.05, 0.1) is 11.0 Å². The van der Waals surface area contributed by atoms with E-state index in [2.05, 4.69) is 5.32 Å². The summed E-state index contributed by atoms with van der Waals surface area (Å²) in [6, 6.07) is 19.0. The number of aliphatic hydroxyl groups excluding tert-OH is 1. The number of nitrogens with zero attached hydrogens (tertiary/aromatic N) is 1. The van der Waals surface area contributed by atoms with Crippen molar-refractivity contribution in [3.8, 4) is 11.3 Å². The number of amides is 1. The summed E-state index contributed by atoms with van der Waals surface area (Å²) in [6.07, 6.45) is -0.251. The number of nitro groups is 1. The van der Waals surface area contributed by atoms with E-state index in [-0.39, 0.29) is 24.6 Å². The molecule has 3 aromatic rings. The highest BCUT2D eigenvalue weighted by molar-refractivity contribution is 5.76. The second kappa shape index (κ2) is 8.96. The van der Waals surface area contributed by atoms with Crippen molar-refractivity contribution in [1.29, 1.82) is 0 Å². The van der Waals surface area contributed by atoms with Crippen LogP contribution in [0.15, 0.2) is 71.1 Å². The number of nitrogens with one attached hydrogen (secondary N) is 1. The van der Waals surface area contributed by atoms with Crippen molar-refractivity contribution in [1.82, 2.24) is 5.32 Å². The highest BCUT2D eigenvalue weighted by Crippen LogP contribution is 2.22. The van der Waals surface area contributed by atoms with Crippen LogP contribution in [0.2, 0.25) is 0 Å². The fourth-order valence-corrected chi connectivity index (χ4v) is 2.74. The van der Waals surface area contributed by atoms with Crippen LogP contribution in [0.1, 0.15) is 23.8 Å². The first-order valence-electron chi connectivity index (χ1n) is 8.86. The Balaban J connectivity index is 1.45. The molecule has 144 valence electrons. The quantitative estimate of drug-likeness (QED) is 0.458. The van der Waals surface area contributed by atoms with Crippen LogP contribution in [-0.4, -0.2) is 22.5 Å². The number of nitro benzene ring substituents is 1. The molecule has 1 unspecified atom stereocenters. The Kier molecular flexibility index (Phi) is 6.18. The van der Waals surface area contributed by atoms with Gasteiger partial charge in [-0.2, -0.15) is 0 Å². The molecule has 1 heterocycles. The minimum absolute atomic E-state index is 0.0318. The number of carbonyl (C=O) groups is 1. The monoisotopic (exact) mass is 380 g/mol. The predicted molar refractivity (Wildman–Crippen MR) is 104 cm³/mol. The van der Waals surface area contributed by atoms with E-state index in [0.717, 1.165) is 11.3 Å². The van der Waals surface area contributed by atoms with Gasteiger partial charge in [0, 0.05) is 37.1 Å². The highest BCUT2D eigenvalue weighted by atomic mass is 16.6. The van der Waals surface area contributed by atoms with E-state index < -0.39 is 11.0 Å². The van der Waals surface area contributed by atoms with Gasteiger partial charge in [0.2, 0.25) is 5.91 Å². The molecule has 0 fully saturated rings. The number of aliphatic hydroxyl groups is 1. The van der Waals surface area contributed by atoms with Crippen LogP contribution in [-0.2, 0) is 11.2 Å². The van der Waals surface area contributed by atoms with E-state index in [1.165, 1.54) is 24.3 Å². The van der Waals surface area contributed by atoms with Crippen molar-refractivity contribution in [3.63, 3.8) is 0 Å². The Morgan fingerprint density at radius 3 is 2.46 bits per heavy atom. The normalized spacial score (nSPS) is 11.8. The third-order valence-electron chi connectivity index (χ3n) is 4.30. The number of benzene rings is 2. The van der Waals surface area contributed by atoms with E-state index in [9.17, 15) is 20.0 Å². The minimum atomic E-state index is -0.932. The van der Waals surface area contributed by atoms with Crippen molar-refractivity contribution < 1.29 is 19.2 Å². The molecule has 1 atom stereocenters. The van der Waals surface area contributed by atoms with E-state index in [0.29, 0.717) is 17.7 Å². The van der Waals surface area contributed by atoms with Crippen LogP contribution < -0.4 is 5.32 Å². The molecule has 0 aliphatic rings. The molecule has 0 saturated heterocycles. The van der Waals surface area contributed by atoms with Gasteiger partial charge < -0.3 is 14.8 Å². The number of non-ortho nitro benzene ring substituents is 1. The molecular formula is C21H20N2O5. The van der Waals surface area contributed by atoms with Crippen LogP contribution in [0.3, 0.4) is 0 Å². The van der Waals surface area contributed by atoms with Crippen LogP contribution in [0.25, 0.3) is 11.3 Å². The van der Waals surface area contributed by atoms with Crippen molar-refractivity contribution >= 4 is 11.6 Å². The van der Waals surface area contributed by atoms with Crippen LogP contribution in [0.5, 0.6) is 0 Å². The Morgan fingerprint density at radius 2 is 1.79 bits per heavy atom. The summed E-state index contributed by atoms with van der Waals surface area (Å²) in [5.41, 5.74) is 1.43. The third-order valence-corrected chi connectivity index (χ3v) is 4.30.